The fraction of sp³-hybridized carbons (Fsp3) is 0.462. The molecule has 0 aromatic carbocycles. The van der Waals surface area contributed by atoms with Gasteiger partial charge < -0.3 is 15.5 Å². The summed E-state index contributed by atoms with van der Waals surface area (Å²) in [5.41, 5.74) is 5.49. The third-order valence-corrected chi connectivity index (χ3v) is 4.10. The van der Waals surface area contributed by atoms with Gasteiger partial charge in [0, 0.05) is 0 Å². The van der Waals surface area contributed by atoms with Crippen LogP contribution in [0.3, 0.4) is 0 Å². The van der Waals surface area contributed by atoms with Crippen molar-refractivity contribution in [2.45, 2.75) is 25.9 Å². The Morgan fingerprint density at radius 2 is 2.19 bits per heavy atom. The van der Waals surface area contributed by atoms with Crippen LogP contribution in [0.4, 0.5) is 5.13 Å². The van der Waals surface area contributed by atoms with Crippen LogP contribution in [0.1, 0.15) is 34.2 Å². The van der Waals surface area contributed by atoms with E-state index in [1.54, 1.807) is 6.07 Å². The Labute approximate surface area is 126 Å². The quantitative estimate of drug-likeness (QED) is 0.862. The largest absolute Gasteiger partial charge is 0.455 e. The van der Waals surface area contributed by atoms with Gasteiger partial charge in [-0.25, -0.2) is 0 Å². The number of aromatic nitrogens is 2. The number of carbonyl (C=O) groups is 1. The molecule has 8 heteroatoms. The molecule has 2 aromatic heterocycles. The van der Waals surface area contributed by atoms with E-state index in [1.165, 1.54) is 24.2 Å². The number of hydrogen-bond donors (Lipinski definition) is 2. The molecule has 0 radical (unpaired) electrons. The molecule has 1 saturated heterocycles. The number of nitrogen functional groups attached to an aromatic ring is 1. The number of carbonyl (C=O) groups excluding carboxylic acids is 1. The van der Waals surface area contributed by atoms with Crippen LogP contribution >= 0.6 is 11.3 Å². The molecule has 0 aliphatic carbocycles. The van der Waals surface area contributed by atoms with Gasteiger partial charge in [-0.1, -0.05) is 11.3 Å². The molecule has 0 saturated carbocycles. The number of anilines is 1. The van der Waals surface area contributed by atoms with Crippen LogP contribution in [-0.4, -0.2) is 34.1 Å². The van der Waals surface area contributed by atoms with Gasteiger partial charge in [0.05, 0.1) is 13.1 Å². The fourth-order valence-electron chi connectivity index (χ4n) is 2.33. The highest BCUT2D eigenvalue weighted by Crippen LogP contribution is 2.15. The number of nitrogens with two attached hydrogens (primary N) is 1. The molecular formula is C13H17N5O2S. The SMILES string of the molecule is Nc1nnc(CNC(=O)c2ccc(CN3CCCC3)o2)s1. The van der Waals surface area contributed by atoms with E-state index in [1.807, 2.05) is 6.07 Å². The smallest absolute Gasteiger partial charge is 0.287 e. The summed E-state index contributed by atoms with van der Waals surface area (Å²) in [4.78, 5) is 14.3. The van der Waals surface area contributed by atoms with E-state index in [2.05, 4.69) is 20.4 Å². The van der Waals surface area contributed by atoms with Crippen molar-refractivity contribution in [2.24, 2.45) is 0 Å². The molecule has 3 N–H and O–H groups in total. The summed E-state index contributed by atoms with van der Waals surface area (Å²) >= 11 is 1.25. The molecule has 0 spiro atoms. The molecule has 2 aromatic rings. The number of rotatable bonds is 5. The van der Waals surface area contributed by atoms with Gasteiger partial charge in [-0.2, -0.15) is 0 Å². The maximum atomic E-state index is 12.0. The van der Waals surface area contributed by atoms with Crippen molar-refractivity contribution >= 4 is 22.4 Å². The van der Waals surface area contributed by atoms with Crippen LogP contribution in [-0.2, 0) is 13.1 Å². The predicted octanol–water partition coefficient (Wildman–Crippen LogP) is 1.24. The van der Waals surface area contributed by atoms with Crippen LogP contribution in [0.5, 0.6) is 0 Å². The first-order valence-corrected chi connectivity index (χ1v) is 7.69. The van der Waals surface area contributed by atoms with E-state index in [0.717, 1.165) is 25.4 Å². The maximum absolute atomic E-state index is 12.0. The van der Waals surface area contributed by atoms with Gasteiger partial charge in [-0.3, -0.25) is 9.69 Å². The minimum absolute atomic E-state index is 0.253. The van der Waals surface area contributed by atoms with Crippen LogP contribution < -0.4 is 11.1 Å². The second kappa shape index (κ2) is 6.23. The van der Waals surface area contributed by atoms with Gasteiger partial charge in [-0.15, -0.1) is 10.2 Å². The van der Waals surface area contributed by atoms with E-state index >= 15 is 0 Å². The molecular weight excluding hydrogens is 290 g/mol. The fourth-order valence-corrected chi connectivity index (χ4v) is 2.88. The first-order chi connectivity index (χ1) is 10.2. The molecule has 112 valence electrons. The molecule has 1 aliphatic heterocycles. The Balaban J connectivity index is 1.53. The summed E-state index contributed by atoms with van der Waals surface area (Å²) in [5, 5.41) is 11.3. The van der Waals surface area contributed by atoms with E-state index in [0.29, 0.717) is 22.4 Å². The van der Waals surface area contributed by atoms with Gasteiger partial charge in [-0.05, 0) is 38.1 Å². The zero-order valence-electron chi connectivity index (χ0n) is 11.5. The van der Waals surface area contributed by atoms with Gasteiger partial charge >= 0.3 is 0 Å². The topological polar surface area (TPSA) is 97.3 Å². The lowest BCUT2D eigenvalue weighted by Crippen LogP contribution is -2.22. The first kappa shape index (κ1) is 14.0. The maximum Gasteiger partial charge on any atom is 0.287 e. The highest BCUT2D eigenvalue weighted by Gasteiger charge is 2.16. The first-order valence-electron chi connectivity index (χ1n) is 6.88. The number of furan rings is 1. The summed E-state index contributed by atoms with van der Waals surface area (Å²) in [6.45, 7) is 3.26. The Morgan fingerprint density at radius 3 is 2.90 bits per heavy atom. The van der Waals surface area contributed by atoms with Crippen LogP contribution in [0.2, 0.25) is 0 Å². The summed E-state index contributed by atoms with van der Waals surface area (Å²) in [6, 6.07) is 3.56. The molecule has 0 unspecified atom stereocenters. The number of amides is 1. The van der Waals surface area contributed by atoms with Gasteiger partial charge in [0.1, 0.15) is 10.8 Å². The predicted molar refractivity (Wildman–Crippen MR) is 78.7 cm³/mol. The van der Waals surface area contributed by atoms with Crippen molar-refractivity contribution in [3.8, 4) is 0 Å². The zero-order valence-corrected chi connectivity index (χ0v) is 12.4. The van der Waals surface area contributed by atoms with Crippen LogP contribution in [0.25, 0.3) is 0 Å². The summed E-state index contributed by atoms with van der Waals surface area (Å²) in [5.74, 6) is 0.889. The van der Waals surface area contributed by atoms with E-state index < -0.39 is 0 Å². The molecule has 21 heavy (non-hydrogen) atoms. The lowest BCUT2D eigenvalue weighted by molar-refractivity contribution is 0.0919. The highest BCUT2D eigenvalue weighted by molar-refractivity contribution is 7.15. The molecule has 1 fully saturated rings. The second-order valence-corrected chi connectivity index (χ2v) is 6.06. The average Bonchev–Trinajstić information content (AvgIpc) is 3.19. The molecule has 1 amide bonds. The summed E-state index contributed by atoms with van der Waals surface area (Å²) in [6.07, 6.45) is 2.47. The number of nitrogens with zero attached hydrogens (tertiary/aromatic N) is 3. The third-order valence-electron chi connectivity index (χ3n) is 3.35. The van der Waals surface area contributed by atoms with E-state index in [9.17, 15) is 4.79 Å². The molecule has 7 nitrogen and oxygen atoms in total. The molecule has 3 rings (SSSR count). The Bertz CT molecular complexity index is 618. The molecule has 1 aliphatic rings. The summed E-state index contributed by atoms with van der Waals surface area (Å²) in [7, 11) is 0. The third kappa shape index (κ3) is 3.59. The van der Waals surface area contributed by atoms with Gasteiger partial charge in [0.2, 0.25) is 5.13 Å². The molecule has 0 atom stereocenters. The standard InChI is InChI=1S/C13H17N5O2S/c14-13-17-16-11(21-13)7-15-12(19)10-4-3-9(20-10)8-18-5-1-2-6-18/h3-4H,1-2,5-8H2,(H2,14,17)(H,15,19). The summed E-state index contributed by atoms with van der Waals surface area (Å²) < 4.78 is 5.59. The highest BCUT2D eigenvalue weighted by atomic mass is 32.1. The Hall–Kier alpha value is -1.93. The van der Waals surface area contributed by atoms with Crippen molar-refractivity contribution in [2.75, 3.05) is 18.8 Å². The normalized spacial score (nSPS) is 15.4. The Kier molecular flexibility index (Phi) is 4.16. The lowest BCUT2D eigenvalue weighted by Gasteiger charge is -2.11. The second-order valence-electron chi connectivity index (χ2n) is 4.97. The minimum Gasteiger partial charge on any atom is -0.455 e. The van der Waals surface area contributed by atoms with Gasteiger partial charge in [0.15, 0.2) is 5.76 Å². The number of likely N-dealkylation sites (tertiary alicyclic amines) is 1. The van der Waals surface area contributed by atoms with Gasteiger partial charge in [0.25, 0.3) is 5.91 Å². The zero-order chi connectivity index (χ0) is 14.7. The van der Waals surface area contributed by atoms with Crippen molar-refractivity contribution in [3.63, 3.8) is 0 Å². The van der Waals surface area contributed by atoms with Crippen molar-refractivity contribution < 1.29 is 9.21 Å². The number of nitrogens with one attached hydrogen (secondary N) is 1. The van der Waals surface area contributed by atoms with Crippen LogP contribution in [0.15, 0.2) is 16.5 Å². The van der Waals surface area contributed by atoms with Crippen molar-refractivity contribution in [1.29, 1.82) is 0 Å². The van der Waals surface area contributed by atoms with Crippen LogP contribution in [0, 0.1) is 0 Å². The lowest BCUT2D eigenvalue weighted by atomic mass is 10.4. The minimum atomic E-state index is -0.253. The monoisotopic (exact) mass is 307 g/mol. The molecule has 3 heterocycles. The van der Waals surface area contributed by atoms with E-state index in [-0.39, 0.29) is 5.91 Å². The van der Waals surface area contributed by atoms with E-state index in [4.69, 9.17) is 10.2 Å². The number of hydrogen-bond acceptors (Lipinski definition) is 7. The molecule has 0 bridgehead atoms. The van der Waals surface area contributed by atoms with Crippen molar-refractivity contribution in [1.82, 2.24) is 20.4 Å². The Morgan fingerprint density at radius 1 is 1.38 bits per heavy atom. The van der Waals surface area contributed by atoms with Crippen molar-refractivity contribution in [3.05, 3.63) is 28.7 Å². The average molecular weight is 307 g/mol.